The molecule has 1 aromatic heterocycles. The number of para-hydroxylation sites is 1. The van der Waals surface area contributed by atoms with Crippen molar-refractivity contribution in [1.82, 2.24) is 4.98 Å². The highest BCUT2D eigenvalue weighted by Gasteiger charge is 2.10. The van der Waals surface area contributed by atoms with Crippen molar-refractivity contribution < 1.29 is 13.5 Å². The smallest absolute Gasteiger partial charge is 0.239 e. The number of pyridine rings is 1. The summed E-state index contributed by atoms with van der Waals surface area (Å²) in [6.07, 6.45) is 0.806. The monoisotopic (exact) mass is 279 g/mol. The van der Waals surface area contributed by atoms with Gasteiger partial charge in [0.15, 0.2) is 0 Å². The second-order valence-electron chi connectivity index (χ2n) is 4.16. The first-order chi connectivity index (χ1) is 9.61. The van der Waals surface area contributed by atoms with Crippen molar-refractivity contribution in [1.29, 1.82) is 0 Å². The number of halogens is 2. The van der Waals surface area contributed by atoms with Crippen molar-refractivity contribution in [2.24, 2.45) is 0 Å². The number of aromatic nitrogens is 1. The summed E-state index contributed by atoms with van der Waals surface area (Å²) in [5.41, 5.74) is 5.83. The van der Waals surface area contributed by atoms with Gasteiger partial charge >= 0.3 is 0 Å². The fourth-order valence-corrected chi connectivity index (χ4v) is 1.58. The number of rotatable bonds is 5. The molecule has 1 heterocycles. The Hall–Kier alpha value is -2.37. The molecule has 0 saturated heterocycles. The minimum Gasteiger partial charge on any atom is -0.476 e. The quantitative estimate of drug-likeness (QED) is 0.879. The van der Waals surface area contributed by atoms with Gasteiger partial charge in [0.05, 0.1) is 12.3 Å². The van der Waals surface area contributed by atoms with Gasteiger partial charge in [0, 0.05) is 0 Å². The molecule has 0 bridgehead atoms. The largest absolute Gasteiger partial charge is 0.476 e. The Bertz CT molecular complexity index is 585. The highest BCUT2D eigenvalue weighted by Crippen LogP contribution is 2.26. The Labute approximate surface area is 115 Å². The van der Waals surface area contributed by atoms with Gasteiger partial charge in [0.1, 0.15) is 23.1 Å². The van der Waals surface area contributed by atoms with E-state index in [0.717, 1.165) is 18.6 Å². The third kappa shape index (κ3) is 3.14. The van der Waals surface area contributed by atoms with Gasteiger partial charge in [0.25, 0.3) is 0 Å². The molecule has 0 amide bonds. The molecule has 0 atom stereocenters. The van der Waals surface area contributed by atoms with Gasteiger partial charge in [-0.05, 0) is 30.7 Å². The maximum atomic E-state index is 13.5. The standard InChI is InChI=1S/C14H15F2N3O/c1-2-8-20-14-11(17)6-7-12(19-14)18-13-9(15)4-3-5-10(13)16/h3-7H,2,8,17H2,1H3,(H,18,19). The van der Waals surface area contributed by atoms with Crippen LogP contribution < -0.4 is 15.8 Å². The number of benzene rings is 1. The van der Waals surface area contributed by atoms with Gasteiger partial charge in [-0.25, -0.2) is 8.78 Å². The van der Waals surface area contributed by atoms with Gasteiger partial charge in [-0.15, -0.1) is 0 Å². The summed E-state index contributed by atoms with van der Waals surface area (Å²) < 4.78 is 32.4. The second-order valence-corrected chi connectivity index (χ2v) is 4.16. The summed E-state index contributed by atoms with van der Waals surface area (Å²) in [4.78, 5) is 4.10. The minimum absolute atomic E-state index is 0.244. The van der Waals surface area contributed by atoms with Gasteiger partial charge < -0.3 is 15.8 Å². The number of hydrogen-bond donors (Lipinski definition) is 2. The van der Waals surface area contributed by atoms with Crippen LogP contribution in [0.1, 0.15) is 13.3 Å². The number of anilines is 3. The molecule has 0 saturated carbocycles. The Morgan fingerprint density at radius 2 is 1.90 bits per heavy atom. The van der Waals surface area contributed by atoms with Crippen LogP contribution in [-0.2, 0) is 0 Å². The van der Waals surface area contributed by atoms with Crippen molar-refractivity contribution in [2.45, 2.75) is 13.3 Å². The van der Waals surface area contributed by atoms with Crippen LogP contribution in [0.2, 0.25) is 0 Å². The fraction of sp³-hybridized carbons (Fsp3) is 0.214. The Morgan fingerprint density at radius 1 is 1.20 bits per heavy atom. The fourth-order valence-electron chi connectivity index (χ4n) is 1.58. The van der Waals surface area contributed by atoms with E-state index in [1.54, 1.807) is 6.07 Å². The predicted molar refractivity (Wildman–Crippen MR) is 74.1 cm³/mol. The van der Waals surface area contributed by atoms with Crippen molar-refractivity contribution in [2.75, 3.05) is 17.7 Å². The van der Waals surface area contributed by atoms with E-state index in [-0.39, 0.29) is 17.4 Å². The molecule has 1 aromatic carbocycles. The van der Waals surface area contributed by atoms with Crippen LogP contribution in [0.5, 0.6) is 5.88 Å². The van der Waals surface area contributed by atoms with Crippen LogP contribution >= 0.6 is 0 Å². The predicted octanol–water partition coefficient (Wildman–Crippen LogP) is 3.47. The first-order valence-electron chi connectivity index (χ1n) is 6.22. The Kier molecular flexibility index (Phi) is 4.34. The summed E-state index contributed by atoms with van der Waals surface area (Å²) in [5, 5.41) is 2.59. The molecule has 3 N–H and O–H groups in total. The topological polar surface area (TPSA) is 60.2 Å². The lowest BCUT2D eigenvalue weighted by Gasteiger charge is -2.11. The molecular formula is C14H15F2N3O. The molecule has 0 radical (unpaired) electrons. The average Bonchev–Trinajstić information content (AvgIpc) is 2.43. The van der Waals surface area contributed by atoms with Crippen LogP contribution in [0.15, 0.2) is 30.3 Å². The van der Waals surface area contributed by atoms with Crippen molar-refractivity contribution in [3.05, 3.63) is 42.0 Å². The third-order valence-electron chi connectivity index (χ3n) is 2.55. The maximum Gasteiger partial charge on any atom is 0.239 e. The Morgan fingerprint density at radius 3 is 2.55 bits per heavy atom. The molecule has 0 aliphatic carbocycles. The van der Waals surface area contributed by atoms with Crippen LogP contribution in [0.3, 0.4) is 0 Å². The number of hydrogen-bond acceptors (Lipinski definition) is 4. The van der Waals surface area contributed by atoms with Gasteiger partial charge in [-0.1, -0.05) is 13.0 Å². The lowest BCUT2D eigenvalue weighted by Crippen LogP contribution is -2.04. The van der Waals surface area contributed by atoms with Crippen LogP contribution in [0.4, 0.5) is 26.0 Å². The SMILES string of the molecule is CCCOc1nc(Nc2c(F)cccc2F)ccc1N. The van der Waals surface area contributed by atoms with Crippen molar-refractivity contribution >= 4 is 17.2 Å². The van der Waals surface area contributed by atoms with E-state index in [1.165, 1.54) is 12.1 Å². The van der Waals surface area contributed by atoms with Crippen LogP contribution in [0.25, 0.3) is 0 Å². The third-order valence-corrected chi connectivity index (χ3v) is 2.55. The molecule has 106 valence electrons. The van der Waals surface area contributed by atoms with E-state index in [2.05, 4.69) is 10.3 Å². The van der Waals surface area contributed by atoms with E-state index in [9.17, 15) is 8.78 Å². The zero-order valence-corrected chi connectivity index (χ0v) is 11.0. The molecule has 0 aliphatic heterocycles. The number of nitrogens with two attached hydrogens (primary N) is 1. The highest BCUT2D eigenvalue weighted by molar-refractivity contribution is 5.61. The molecule has 0 fully saturated rings. The zero-order valence-electron chi connectivity index (χ0n) is 11.0. The van der Waals surface area contributed by atoms with E-state index in [0.29, 0.717) is 12.3 Å². The molecule has 20 heavy (non-hydrogen) atoms. The first kappa shape index (κ1) is 14.0. The molecule has 0 aliphatic rings. The van der Waals surface area contributed by atoms with Crippen molar-refractivity contribution in [3.63, 3.8) is 0 Å². The summed E-state index contributed by atoms with van der Waals surface area (Å²) in [7, 11) is 0. The zero-order chi connectivity index (χ0) is 14.5. The molecule has 2 aromatic rings. The number of ether oxygens (including phenoxy) is 1. The molecule has 4 nitrogen and oxygen atoms in total. The van der Waals surface area contributed by atoms with Gasteiger partial charge in [0.2, 0.25) is 5.88 Å². The van der Waals surface area contributed by atoms with Crippen molar-refractivity contribution in [3.8, 4) is 5.88 Å². The summed E-state index contributed by atoms with van der Waals surface area (Å²) in [6, 6.07) is 6.72. The van der Waals surface area contributed by atoms with E-state index in [1.807, 2.05) is 6.92 Å². The lowest BCUT2D eigenvalue weighted by molar-refractivity contribution is 0.307. The van der Waals surface area contributed by atoms with Crippen LogP contribution in [-0.4, -0.2) is 11.6 Å². The normalized spacial score (nSPS) is 10.3. The summed E-state index contributed by atoms with van der Waals surface area (Å²) >= 11 is 0. The van der Waals surface area contributed by atoms with Gasteiger partial charge in [-0.3, -0.25) is 0 Å². The van der Waals surface area contributed by atoms with E-state index in [4.69, 9.17) is 10.5 Å². The Balaban J connectivity index is 2.25. The molecule has 2 rings (SSSR count). The lowest BCUT2D eigenvalue weighted by atomic mass is 10.3. The highest BCUT2D eigenvalue weighted by atomic mass is 19.1. The first-order valence-corrected chi connectivity index (χ1v) is 6.22. The molecule has 6 heteroatoms. The maximum absolute atomic E-state index is 13.5. The summed E-state index contributed by atoms with van der Waals surface area (Å²) in [6.45, 7) is 2.42. The molecular weight excluding hydrogens is 264 g/mol. The minimum atomic E-state index is -0.695. The molecule has 0 spiro atoms. The van der Waals surface area contributed by atoms with Crippen LogP contribution in [0, 0.1) is 11.6 Å². The summed E-state index contributed by atoms with van der Waals surface area (Å²) in [5.74, 6) is -0.887. The number of nitrogens with one attached hydrogen (secondary N) is 1. The van der Waals surface area contributed by atoms with E-state index < -0.39 is 11.6 Å². The van der Waals surface area contributed by atoms with E-state index >= 15 is 0 Å². The second kappa shape index (κ2) is 6.18. The van der Waals surface area contributed by atoms with Gasteiger partial charge in [-0.2, -0.15) is 4.98 Å². The number of nitrogen functional groups attached to an aromatic ring is 1. The number of nitrogens with zero attached hydrogens (tertiary/aromatic N) is 1. The molecule has 0 unspecified atom stereocenters. The average molecular weight is 279 g/mol.